The Hall–Kier alpha value is -16.4. The lowest BCUT2D eigenvalue weighted by Crippen LogP contribution is -2.29. The molecule has 128 heavy (non-hydrogen) atoms. The van der Waals surface area contributed by atoms with E-state index >= 15 is 0 Å². The second-order valence-corrected chi connectivity index (χ2v) is 35.0. The molecule has 24 aromatic rings. The number of benzene rings is 20. The van der Waals surface area contributed by atoms with Crippen LogP contribution in [0.3, 0.4) is 0 Å². The Morgan fingerprint density at radius 3 is 0.977 bits per heavy atom. The van der Waals surface area contributed by atoms with E-state index in [1.54, 1.807) is 0 Å². The maximum absolute atomic E-state index is 7.28. The van der Waals surface area contributed by atoms with Crippen LogP contribution in [0.1, 0.15) is 44.5 Å². The minimum atomic E-state index is -0.751. The van der Waals surface area contributed by atoms with E-state index < -0.39 is 10.8 Å². The SMILES string of the molecule is c1ccc(C2(c3ccccc3)c3ccccc3-c3ccc(N(c4ccc(-c5cccc6c5oc5ccccc56)cc4)c4ccc(-c5cccc6c5oc5cc(-c7cccc(C8(c9ccccc9)c9ccccc9-c9ccc(N(c%10ccc(-c%11cccc%12c%11oc%11ccccc%11%12)cc%10)c%10ccc(-c%11cccc%12c%11sc%11ccccc%11%12)cc%10)cc98)c7)ccc56)cc4)cc32)cc1. The summed E-state index contributed by atoms with van der Waals surface area (Å²) in [6, 6.07) is 170. The van der Waals surface area contributed by atoms with Crippen LogP contribution < -0.4 is 9.80 Å². The second kappa shape index (κ2) is 29.1. The van der Waals surface area contributed by atoms with Gasteiger partial charge >= 0.3 is 0 Å². The van der Waals surface area contributed by atoms with Crippen LogP contribution in [0.5, 0.6) is 0 Å². The molecule has 20 aromatic carbocycles. The van der Waals surface area contributed by atoms with E-state index in [1.807, 2.05) is 23.5 Å². The van der Waals surface area contributed by atoms with Gasteiger partial charge in [0.15, 0.2) is 0 Å². The monoisotopic (exact) mass is 1650 g/mol. The van der Waals surface area contributed by atoms with E-state index in [1.165, 1.54) is 92.5 Å². The molecule has 598 valence electrons. The van der Waals surface area contributed by atoms with Crippen molar-refractivity contribution >= 4 is 131 Å². The van der Waals surface area contributed by atoms with Gasteiger partial charge in [-0.1, -0.05) is 352 Å². The molecular formula is C122H76N2O3S. The Balaban J connectivity index is 0.577. The van der Waals surface area contributed by atoms with Crippen LogP contribution in [0.15, 0.2) is 474 Å². The molecule has 2 aliphatic carbocycles. The molecule has 0 bridgehead atoms. The lowest BCUT2D eigenvalue weighted by molar-refractivity contribution is 0.669. The Kier molecular flexibility index (Phi) is 16.7. The van der Waals surface area contributed by atoms with Crippen molar-refractivity contribution in [2.45, 2.75) is 10.8 Å². The molecule has 0 radical (unpaired) electrons. The van der Waals surface area contributed by atoms with E-state index in [2.05, 4.69) is 459 Å². The Labute approximate surface area is 743 Å². The van der Waals surface area contributed by atoms with Crippen LogP contribution in [-0.2, 0) is 10.8 Å². The van der Waals surface area contributed by atoms with Crippen LogP contribution in [-0.4, -0.2) is 0 Å². The fourth-order valence-electron chi connectivity index (χ4n) is 21.6. The molecule has 1 unspecified atom stereocenters. The van der Waals surface area contributed by atoms with Gasteiger partial charge in [0, 0.05) is 103 Å². The molecule has 26 rings (SSSR count). The first-order chi connectivity index (χ1) is 63.4. The van der Waals surface area contributed by atoms with Gasteiger partial charge < -0.3 is 23.1 Å². The molecule has 0 saturated heterocycles. The zero-order valence-corrected chi connectivity index (χ0v) is 70.2. The number of nitrogens with zero attached hydrogens (tertiary/aromatic N) is 2. The molecule has 0 aliphatic heterocycles. The number of thiophene rings is 1. The summed E-state index contributed by atoms with van der Waals surface area (Å²) in [5, 5.41) is 9.13. The summed E-state index contributed by atoms with van der Waals surface area (Å²) >= 11 is 1.87. The van der Waals surface area contributed by atoms with Crippen molar-refractivity contribution < 1.29 is 13.3 Å². The van der Waals surface area contributed by atoms with Gasteiger partial charge in [-0.05, 0) is 215 Å². The van der Waals surface area contributed by atoms with Gasteiger partial charge in [-0.15, -0.1) is 11.3 Å². The molecule has 0 spiro atoms. The number of fused-ring (bicyclic) bond motifs is 18. The number of para-hydroxylation sites is 5. The predicted molar refractivity (Wildman–Crippen MR) is 532 cm³/mol. The normalized spacial score (nSPS) is 13.7. The Morgan fingerprint density at radius 2 is 0.500 bits per heavy atom. The van der Waals surface area contributed by atoms with Crippen molar-refractivity contribution in [2.75, 3.05) is 9.80 Å². The molecule has 2 aliphatic rings. The topological polar surface area (TPSA) is 45.9 Å². The summed E-state index contributed by atoms with van der Waals surface area (Å²) in [5.41, 5.74) is 35.5. The zero-order valence-electron chi connectivity index (χ0n) is 69.4. The minimum absolute atomic E-state index is 0.595. The molecule has 0 N–H and O–H groups in total. The van der Waals surface area contributed by atoms with Gasteiger partial charge in [-0.2, -0.15) is 0 Å². The highest BCUT2D eigenvalue weighted by molar-refractivity contribution is 7.26. The van der Waals surface area contributed by atoms with Crippen molar-refractivity contribution in [2.24, 2.45) is 0 Å². The van der Waals surface area contributed by atoms with Gasteiger partial charge in [0.1, 0.15) is 33.5 Å². The zero-order chi connectivity index (χ0) is 84.1. The highest BCUT2D eigenvalue weighted by atomic mass is 32.1. The first kappa shape index (κ1) is 73.2. The molecule has 0 amide bonds. The minimum Gasteiger partial charge on any atom is -0.455 e. The van der Waals surface area contributed by atoms with Crippen LogP contribution in [0, 0.1) is 0 Å². The molecular weight excluding hydrogens is 1570 g/mol. The van der Waals surface area contributed by atoms with Gasteiger partial charge in [0.2, 0.25) is 0 Å². The van der Waals surface area contributed by atoms with E-state index in [9.17, 15) is 0 Å². The quantitative estimate of drug-likeness (QED) is 0.102. The number of anilines is 6. The third-order valence-electron chi connectivity index (χ3n) is 27.3. The van der Waals surface area contributed by atoms with Crippen LogP contribution in [0.4, 0.5) is 34.1 Å². The summed E-state index contributed by atoms with van der Waals surface area (Å²) in [5.74, 6) is 0. The fourth-order valence-corrected chi connectivity index (χ4v) is 22.8. The van der Waals surface area contributed by atoms with Gasteiger partial charge in [0.25, 0.3) is 0 Å². The lowest BCUT2D eigenvalue weighted by Gasteiger charge is -2.35. The summed E-state index contributed by atoms with van der Waals surface area (Å²) in [7, 11) is 0. The number of rotatable bonds is 15. The largest absolute Gasteiger partial charge is 0.455 e. The van der Waals surface area contributed by atoms with Crippen molar-refractivity contribution in [3.05, 3.63) is 506 Å². The average Bonchev–Trinajstić information content (AvgIpc) is 1.53. The first-order valence-corrected chi connectivity index (χ1v) is 44.7. The Morgan fingerprint density at radius 1 is 0.180 bits per heavy atom. The second-order valence-electron chi connectivity index (χ2n) is 33.9. The predicted octanol–water partition coefficient (Wildman–Crippen LogP) is 33.8. The van der Waals surface area contributed by atoms with Crippen molar-refractivity contribution in [1.29, 1.82) is 0 Å². The van der Waals surface area contributed by atoms with Crippen molar-refractivity contribution in [3.63, 3.8) is 0 Å². The summed E-state index contributed by atoms with van der Waals surface area (Å²) < 4.78 is 23.1. The molecule has 4 heterocycles. The Bertz CT molecular complexity index is 8360. The summed E-state index contributed by atoms with van der Waals surface area (Å²) in [6.45, 7) is 0. The number of furan rings is 3. The molecule has 4 aromatic heterocycles. The van der Waals surface area contributed by atoms with E-state index in [-0.39, 0.29) is 0 Å². The molecule has 0 saturated carbocycles. The summed E-state index contributed by atoms with van der Waals surface area (Å²) in [4.78, 5) is 4.85. The van der Waals surface area contributed by atoms with Gasteiger partial charge in [-0.3, -0.25) is 0 Å². The van der Waals surface area contributed by atoms with Crippen molar-refractivity contribution in [1.82, 2.24) is 0 Å². The van der Waals surface area contributed by atoms with Crippen molar-refractivity contribution in [3.8, 4) is 77.9 Å². The third-order valence-corrected chi connectivity index (χ3v) is 28.5. The van der Waals surface area contributed by atoms with E-state index in [4.69, 9.17) is 13.3 Å². The highest BCUT2D eigenvalue weighted by Gasteiger charge is 2.48. The smallest absolute Gasteiger partial charge is 0.143 e. The maximum atomic E-state index is 7.28. The van der Waals surface area contributed by atoms with Crippen LogP contribution in [0.2, 0.25) is 0 Å². The molecule has 0 fully saturated rings. The fraction of sp³-hybridized carbons (Fsp3) is 0.0164. The van der Waals surface area contributed by atoms with Crippen LogP contribution in [0.25, 0.3) is 164 Å². The van der Waals surface area contributed by atoms with E-state index in [0.717, 1.165) is 150 Å². The maximum Gasteiger partial charge on any atom is 0.143 e. The standard InChI is InChI=1S/C122H76N2O3S/c1-4-26-83(27-5-1)121(84-28-6-2-7-29-84)109-46-15-10-33-97(109)99-71-68-91(75-111(99)121)123(87-60-51-77(52-61-87)93-38-21-42-105-101-35-12-17-48-113(101)125-117(93)105)88-64-55-79(56-65-88)95-40-23-44-107-103-70-59-82(74-115(103)127-119(95)107)81-25-20-32-86(73-81)122(85-30-8-3-9-31-85)110-47-16-11-34-98(110)100-72-69-92(76-112(100)122)124(89-62-53-78(54-63-89)94-39-22-43-106-102-36-13-18-49-114(102)126-118(94)106)90-66-57-80(58-67-90)96-41-24-45-108-104-37-14-19-50-116(104)128-120(96)108/h1-76H. The van der Waals surface area contributed by atoms with E-state index in [0.29, 0.717) is 0 Å². The molecule has 6 heteroatoms. The number of hydrogen-bond acceptors (Lipinski definition) is 6. The van der Waals surface area contributed by atoms with Gasteiger partial charge in [-0.25, -0.2) is 0 Å². The average molecular weight is 1650 g/mol. The first-order valence-electron chi connectivity index (χ1n) is 43.9. The number of hydrogen-bond donors (Lipinski definition) is 0. The lowest BCUT2D eigenvalue weighted by atomic mass is 9.67. The molecule has 1 atom stereocenters. The van der Waals surface area contributed by atoms with Gasteiger partial charge in [0.05, 0.1) is 10.8 Å². The molecule has 5 nitrogen and oxygen atoms in total. The third kappa shape index (κ3) is 11.2. The van der Waals surface area contributed by atoms with Crippen LogP contribution >= 0.6 is 11.3 Å². The highest BCUT2D eigenvalue weighted by Crippen LogP contribution is 2.61. The summed E-state index contributed by atoms with van der Waals surface area (Å²) in [6.07, 6.45) is 0.